The largest absolute Gasteiger partial charge is 0.252 e. The Morgan fingerprint density at radius 2 is 1.71 bits per heavy atom. The standard InChI is InChI=1S/C16H15N/c1-3-15-13-7-5-4-6-12(13)14-9-8-11(2)10-16(14)17-15/h4-10H,3H2,1-2H3. The Morgan fingerprint density at radius 1 is 0.941 bits per heavy atom. The number of hydrogen-bond acceptors (Lipinski definition) is 1. The average Bonchev–Trinajstić information content (AvgIpc) is 2.37. The Bertz CT molecular complexity index is 698. The van der Waals surface area contributed by atoms with Crippen LogP contribution in [0.1, 0.15) is 18.2 Å². The number of aryl methyl sites for hydroxylation is 2. The van der Waals surface area contributed by atoms with E-state index in [0.717, 1.165) is 11.9 Å². The molecule has 0 N–H and O–H groups in total. The summed E-state index contributed by atoms with van der Waals surface area (Å²) in [6.07, 6.45) is 0.977. The fraction of sp³-hybridized carbons (Fsp3) is 0.188. The summed E-state index contributed by atoms with van der Waals surface area (Å²) in [7, 11) is 0. The van der Waals surface area contributed by atoms with Crippen molar-refractivity contribution >= 4 is 21.7 Å². The molecule has 0 saturated heterocycles. The lowest BCUT2D eigenvalue weighted by Gasteiger charge is -2.08. The molecule has 0 radical (unpaired) electrons. The predicted octanol–water partition coefficient (Wildman–Crippen LogP) is 4.26. The molecule has 84 valence electrons. The first-order valence-electron chi connectivity index (χ1n) is 6.07. The Balaban J connectivity index is 2.54. The van der Waals surface area contributed by atoms with Crippen molar-refractivity contribution in [2.75, 3.05) is 0 Å². The van der Waals surface area contributed by atoms with Gasteiger partial charge in [-0.05, 0) is 30.4 Å². The summed E-state index contributed by atoms with van der Waals surface area (Å²) in [6, 6.07) is 15.0. The number of rotatable bonds is 1. The third kappa shape index (κ3) is 1.59. The van der Waals surface area contributed by atoms with Crippen LogP contribution >= 0.6 is 0 Å². The van der Waals surface area contributed by atoms with Gasteiger partial charge in [-0.1, -0.05) is 43.3 Å². The highest BCUT2D eigenvalue weighted by Gasteiger charge is 2.06. The van der Waals surface area contributed by atoms with Crippen LogP contribution in [0.3, 0.4) is 0 Å². The van der Waals surface area contributed by atoms with Gasteiger partial charge in [-0.3, -0.25) is 4.98 Å². The second-order valence-electron chi connectivity index (χ2n) is 4.48. The van der Waals surface area contributed by atoms with Crippen LogP contribution in [-0.4, -0.2) is 4.98 Å². The third-order valence-electron chi connectivity index (χ3n) is 3.27. The highest BCUT2D eigenvalue weighted by molar-refractivity contribution is 6.06. The maximum Gasteiger partial charge on any atom is 0.0714 e. The normalized spacial score (nSPS) is 11.2. The summed E-state index contributed by atoms with van der Waals surface area (Å²) in [4.78, 5) is 4.78. The summed E-state index contributed by atoms with van der Waals surface area (Å²) < 4.78 is 0. The van der Waals surface area contributed by atoms with Gasteiger partial charge < -0.3 is 0 Å². The van der Waals surface area contributed by atoms with E-state index in [1.54, 1.807) is 0 Å². The number of benzene rings is 2. The Labute approximate surface area is 101 Å². The van der Waals surface area contributed by atoms with Crippen LogP contribution in [0.5, 0.6) is 0 Å². The van der Waals surface area contributed by atoms with Crippen molar-refractivity contribution in [2.24, 2.45) is 0 Å². The van der Waals surface area contributed by atoms with Crippen LogP contribution in [-0.2, 0) is 6.42 Å². The first-order valence-corrected chi connectivity index (χ1v) is 6.07. The molecule has 3 aromatic rings. The molecule has 1 nitrogen and oxygen atoms in total. The van der Waals surface area contributed by atoms with E-state index in [9.17, 15) is 0 Å². The molecule has 1 aromatic heterocycles. The molecule has 0 aliphatic carbocycles. The molecule has 0 atom stereocenters. The quantitative estimate of drug-likeness (QED) is 0.559. The van der Waals surface area contributed by atoms with Crippen molar-refractivity contribution in [3.8, 4) is 0 Å². The fourth-order valence-electron chi connectivity index (χ4n) is 2.41. The van der Waals surface area contributed by atoms with Crippen molar-refractivity contribution in [3.63, 3.8) is 0 Å². The SMILES string of the molecule is CCc1nc2cc(C)ccc2c2ccccc12. The molecule has 2 aromatic carbocycles. The summed E-state index contributed by atoms with van der Waals surface area (Å²) in [5, 5.41) is 3.85. The molecule has 0 bridgehead atoms. The first-order chi connectivity index (χ1) is 8.29. The lowest BCUT2D eigenvalue weighted by Crippen LogP contribution is -1.92. The summed E-state index contributed by atoms with van der Waals surface area (Å²) in [5.41, 5.74) is 3.57. The van der Waals surface area contributed by atoms with Gasteiger partial charge >= 0.3 is 0 Å². The molecule has 1 heterocycles. The zero-order chi connectivity index (χ0) is 11.8. The predicted molar refractivity (Wildman–Crippen MR) is 73.4 cm³/mol. The van der Waals surface area contributed by atoms with Crippen LogP contribution in [0.15, 0.2) is 42.5 Å². The van der Waals surface area contributed by atoms with Crippen LogP contribution < -0.4 is 0 Å². The van der Waals surface area contributed by atoms with Crippen molar-refractivity contribution in [1.82, 2.24) is 4.98 Å². The summed E-state index contributed by atoms with van der Waals surface area (Å²) >= 11 is 0. The van der Waals surface area contributed by atoms with Crippen molar-refractivity contribution in [1.29, 1.82) is 0 Å². The molecule has 0 aliphatic rings. The molecular weight excluding hydrogens is 206 g/mol. The number of hydrogen-bond donors (Lipinski definition) is 0. The smallest absolute Gasteiger partial charge is 0.0714 e. The molecule has 0 saturated carbocycles. The topological polar surface area (TPSA) is 12.9 Å². The van der Waals surface area contributed by atoms with Crippen molar-refractivity contribution in [2.45, 2.75) is 20.3 Å². The maximum atomic E-state index is 4.78. The highest BCUT2D eigenvalue weighted by Crippen LogP contribution is 2.27. The van der Waals surface area contributed by atoms with E-state index in [1.165, 1.54) is 27.4 Å². The molecule has 17 heavy (non-hydrogen) atoms. The Kier molecular flexibility index (Phi) is 2.32. The number of pyridine rings is 1. The molecule has 0 amide bonds. The van der Waals surface area contributed by atoms with Gasteiger partial charge in [0.25, 0.3) is 0 Å². The van der Waals surface area contributed by atoms with E-state index < -0.39 is 0 Å². The van der Waals surface area contributed by atoms with Crippen LogP contribution in [0.25, 0.3) is 21.7 Å². The maximum absolute atomic E-state index is 4.78. The van der Waals surface area contributed by atoms with Gasteiger partial charge in [0.05, 0.1) is 5.52 Å². The third-order valence-corrected chi connectivity index (χ3v) is 3.27. The van der Waals surface area contributed by atoms with Crippen LogP contribution in [0, 0.1) is 6.92 Å². The minimum atomic E-state index is 0.977. The van der Waals surface area contributed by atoms with Crippen LogP contribution in [0.4, 0.5) is 0 Å². The van der Waals surface area contributed by atoms with Crippen molar-refractivity contribution in [3.05, 3.63) is 53.7 Å². The monoisotopic (exact) mass is 221 g/mol. The molecule has 0 aliphatic heterocycles. The molecule has 0 fully saturated rings. The van der Waals surface area contributed by atoms with Crippen molar-refractivity contribution < 1.29 is 0 Å². The number of fused-ring (bicyclic) bond motifs is 3. The van der Waals surface area contributed by atoms with Crippen LogP contribution in [0.2, 0.25) is 0 Å². The highest BCUT2D eigenvalue weighted by atomic mass is 14.7. The lowest BCUT2D eigenvalue weighted by atomic mass is 10.0. The lowest BCUT2D eigenvalue weighted by molar-refractivity contribution is 1.08. The number of aromatic nitrogens is 1. The summed E-state index contributed by atoms with van der Waals surface area (Å²) in [5.74, 6) is 0. The van der Waals surface area contributed by atoms with E-state index in [-0.39, 0.29) is 0 Å². The molecule has 0 spiro atoms. The van der Waals surface area contributed by atoms with Gasteiger partial charge in [-0.25, -0.2) is 0 Å². The number of nitrogens with zero attached hydrogens (tertiary/aromatic N) is 1. The van der Waals surface area contributed by atoms with Gasteiger partial charge in [0.1, 0.15) is 0 Å². The fourth-order valence-corrected chi connectivity index (χ4v) is 2.41. The van der Waals surface area contributed by atoms with Gasteiger partial charge in [0, 0.05) is 16.5 Å². The Morgan fingerprint density at radius 3 is 2.47 bits per heavy atom. The van der Waals surface area contributed by atoms with E-state index in [4.69, 9.17) is 4.98 Å². The molecule has 3 rings (SSSR count). The van der Waals surface area contributed by atoms with Gasteiger partial charge in [-0.15, -0.1) is 0 Å². The molecular formula is C16H15N. The minimum absolute atomic E-state index is 0.977. The minimum Gasteiger partial charge on any atom is -0.252 e. The Hall–Kier alpha value is -1.89. The van der Waals surface area contributed by atoms with E-state index >= 15 is 0 Å². The van der Waals surface area contributed by atoms with Gasteiger partial charge in [-0.2, -0.15) is 0 Å². The van der Waals surface area contributed by atoms with Gasteiger partial charge in [0.15, 0.2) is 0 Å². The van der Waals surface area contributed by atoms with E-state index in [2.05, 4.69) is 56.3 Å². The van der Waals surface area contributed by atoms with E-state index in [1.807, 2.05) is 0 Å². The van der Waals surface area contributed by atoms with Gasteiger partial charge in [0.2, 0.25) is 0 Å². The molecule has 1 heteroatoms. The second kappa shape index (κ2) is 3.85. The zero-order valence-corrected chi connectivity index (χ0v) is 10.2. The average molecular weight is 221 g/mol. The van der Waals surface area contributed by atoms with E-state index in [0.29, 0.717) is 0 Å². The zero-order valence-electron chi connectivity index (χ0n) is 10.2. The summed E-state index contributed by atoms with van der Waals surface area (Å²) in [6.45, 7) is 4.28. The molecule has 0 unspecified atom stereocenters. The second-order valence-corrected chi connectivity index (χ2v) is 4.48. The first kappa shape index (κ1) is 10.3.